The van der Waals surface area contributed by atoms with Crippen LogP contribution < -0.4 is 10.6 Å². The Balaban J connectivity index is 1.97. The van der Waals surface area contributed by atoms with E-state index in [1.807, 2.05) is 25.5 Å². The topological polar surface area (TPSA) is 96.6 Å². The third kappa shape index (κ3) is 7.05. The maximum atomic E-state index is 9.55. The van der Waals surface area contributed by atoms with E-state index in [4.69, 9.17) is 9.73 Å². The molecule has 1 fully saturated rings. The van der Waals surface area contributed by atoms with Crippen LogP contribution in [0.1, 0.15) is 63.5 Å². The Hall–Kier alpha value is -1.67. The van der Waals surface area contributed by atoms with Gasteiger partial charge in [-0.15, -0.1) is 10.2 Å². The summed E-state index contributed by atoms with van der Waals surface area (Å²) in [5.41, 5.74) is 0.169. The van der Waals surface area contributed by atoms with Crippen LogP contribution in [-0.2, 0) is 18.3 Å². The van der Waals surface area contributed by atoms with E-state index in [-0.39, 0.29) is 12.0 Å². The van der Waals surface area contributed by atoms with Crippen molar-refractivity contribution in [2.45, 2.75) is 65.3 Å². The zero-order valence-corrected chi connectivity index (χ0v) is 17.8. The molecule has 0 radical (unpaired) electrons. The number of aliphatic hydroxyl groups is 1. The van der Waals surface area contributed by atoms with Crippen LogP contribution in [0.4, 0.5) is 0 Å². The number of aliphatic imine (C=N–C) groups is 1. The van der Waals surface area contributed by atoms with Crippen molar-refractivity contribution < 1.29 is 9.84 Å². The maximum Gasteiger partial charge on any atom is 0.191 e. The maximum absolute atomic E-state index is 9.55. The highest BCUT2D eigenvalue weighted by Crippen LogP contribution is 2.38. The summed E-state index contributed by atoms with van der Waals surface area (Å²) in [4.78, 5) is 4.73. The summed E-state index contributed by atoms with van der Waals surface area (Å²) in [5.74, 6) is 2.52. The van der Waals surface area contributed by atoms with Crippen LogP contribution in [0.2, 0.25) is 0 Å². The summed E-state index contributed by atoms with van der Waals surface area (Å²) < 4.78 is 7.38. The Morgan fingerprint density at radius 2 is 2.04 bits per heavy atom. The van der Waals surface area contributed by atoms with Crippen molar-refractivity contribution in [2.75, 3.05) is 32.9 Å². The molecule has 0 atom stereocenters. The van der Waals surface area contributed by atoms with Crippen LogP contribution in [0.5, 0.6) is 0 Å². The van der Waals surface area contributed by atoms with Gasteiger partial charge in [-0.2, -0.15) is 0 Å². The van der Waals surface area contributed by atoms with Crippen molar-refractivity contribution >= 4 is 5.96 Å². The molecule has 1 saturated carbocycles. The summed E-state index contributed by atoms with van der Waals surface area (Å²) in [6.45, 7) is 7.80. The lowest BCUT2D eigenvalue weighted by atomic mass is 9.72. The summed E-state index contributed by atoms with van der Waals surface area (Å²) in [5, 5.41) is 24.8. The molecular formula is C20H38N6O2. The van der Waals surface area contributed by atoms with Gasteiger partial charge in [0.2, 0.25) is 0 Å². The molecule has 1 aliphatic rings. The second-order valence-corrected chi connectivity index (χ2v) is 7.75. The Morgan fingerprint density at radius 3 is 2.68 bits per heavy atom. The van der Waals surface area contributed by atoms with E-state index < -0.39 is 0 Å². The lowest BCUT2D eigenvalue weighted by Gasteiger charge is -2.37. The van der Waals surface area contributed by atoms with E-state index in [0.717, 1.165) is 56.8 Å². The Labute approximate surface area is 169 Å². The molecular weight excluding hydrogens is 356 g/mol. The SMILES string of the molecule is CCOCCCNC(=NCc1nnc(C)n1C)NCC1(CCO)CCCCC1. The minimum atomic E-state index is 0.169. The van der Waals surface area contributed by atoms with E-state index in [1.54, 1.807) is 0 Å². The van der Waals surface area contributed by atoms with Gasteiger partial charge in [-0.25, -0.2) is 4.99 Å². The summed E-state index contributed by atoms with van der Waals surface area (Å²) in [6.07, 6.45) is 7.90. The van der Waals surface area contributed by atoms with Gasteiger partial charge >= 0.3 is 0 Å². The van der Waals surface area contributed by atoms with E-state index in [1.165, 1.54) is 32.1 Å². The fraction of sp³-hybridized carbons (Fsp3) is 0.850. The molecule has 0 bridgehead atoms. The van der Waals surface area contributed by atoms with E-state index in [2.05, 4.69) is 20.8 Å². The molecule has 1 heterocycles. The Morgan fingerprint density at radius 1 is 1.25 bits per heavy atom. The normalized spacial score (nSPS) is 16.9. The van der Waals surface area contributed by atoms with E-state index in [0.29, 0.717) is 6.54 Å². The summed E-state index contributed by atoms with van der Waals surface area (Å²) in [7, 11) is 1.96. The van der Waals surface area contributed by atoms with Gasteiger partial charge in [0.1, 0.15) is 12.4 Å². The van der Waals surface area contributed by atoms with Gasteiger partial charge in [0.25, 0.3) is 0 Å². The van der Waals surface area contributed by atoms with E-state index in [9.17, 15) is 5.11 Å². The van der Waals surface area contributed by atoms with Gasteiger partial charge < -0.3 is 25.0 Å². The summed E-state index contributed by atoms with van der Waals surface area (Å²) in [6, 6.07) is 0. The summed E-state index contributed by atoms with van der Waals surface area (Å²) >= 11 is 0. The molecule has 2 rings (SSSR count). The highest BCUT2D eigenvalue weighted by Gasteiger charge is 2.31. The number of aryl methyl sites for hydroxylation is 1. The number of aliphatic hydroxyl groups excluding tert-OH is 1. The van der Waals surface area contributed by atoms with Crippen molar-refractivity contribution in [3.8, 4) is 0 Å². The molecule has 0 aromatic carbocycles. The van der Waals surface area contributed by atoms with Crippen LogP contribution in [0.25, 0.3) is 0 Å². The number of hydrogen-bond donors (Lipinski definition) is 3. The zero-order chi connectivity index (χ0) is 20.2. The van der Waals surface area contributed by atoms with Gasteiger partial charge in [0.15, 0.2) is 11.8 Å². The predicted octanol–water partition coefficient (Wildman–Crippen LogP) is 1.92. The first-order chi connectivity index (χ1) is 13.6. The molecule has 8 nitrogen and oxygen atoms in total. The minimum absolute atomic E-state index is 0.169. The van der Waals surface area contributed by atoms with Gasteiger partial charge in [-0.1, -0.05) is 19.3 Å². The number of ether oxygens (including phenoxy) is 1. The Bertz CT molecular complexity index is 590. The van der Waals surface area contributed by atoms with Gasteiger partial charge in [0, 0.05) is 40.0 Å². The molecule has 0 spiro atoms. The van der Waals surface area contributed by atoms with Crippen LogP contribution in [0.3, 0.4) is 0 Å². The number of hydrogen-bond acceptors (Lipinski definition) is 5. The number of aromatic nitrogens is 3. The first-order valence-corrected chi connectivity index (χ1v) is 10.7. The first kappa shape index (κ1) is 22.6. The van der Waals surface area contributed by atoms with Crippen LogP contribution in [-0.4, -0.2) is 58.7 Å². The van der Waals surface area contributed by atoms with Crippen molar-refractivity contribution in [3.05, 3.63) is 11.6 Å². The fourth-order valence-electron chi connectivity index (χ4n) is 3.76. The highest BCUT2D eigenvalue weighted by molar-refractivity contribution is 5.79. The van der Waals surface area contributed by atoms with Crippen LogP contribution in [0.15, 0.2) is 4.99 Å². The second-order valence-electron chi connectivity index (χ2n) is 7.75. The molecule has 3 N–H and O–H groups in total. The van der Waals surface area contributed by atoms with Crippen molar-refractivity contribution in [1.29, 1.82) is 0 Å². The van der Waals surface area contributed by atoms with Crippen LogP contribution >= 0.6 is 0 Å². The van der Waals surface area contributed by atoms with Gasteiger partial charge in [-0.3, -0.25) is 0 Å². The monoisotopic (exact) mass is 394 g/mol. The number of guanidine groups is 1. The molecule has 0 unspecified atom stereocenters. The van der Waals surface area contributed by atoms with Crippen molar-refractivity contribution in [3.63, 3.8) is 0 Å². The largest absolute Gasteiger partial charge is 0.396 e. The molecule has 0 aliphatic heterocycles. The second kappa shape index (κ2) is 12.0. The number of nitrogens with zero attached hydrogens (tertiary/aromatic N) is 4. The minimum Gasteiger partial charge on any atom is -0.396 e. The third-order valence-electron chi connectivity index (χ3n) is 5.71. The lowest BCUT2D eigenvalue weighted by Crippen LogP contribution is -2.45. The molecule has 160 valence electrons. The van der Waals surface area contributed by atoms with Crippen molar-refractivity contribution in [2.24, 2.45) is 17.5 Å². The zero-order valence-electron chi connectivity index (χ0n) is 17.8. The first-order valence-electron chi connectivity index (χ1n) is 10.7. The molecule has 1 aromatic rings. The number of rotatable bonds is 11. The average molecular weight is 395 g/mol. The predicted molar refractivity (Wildman–Crippen MR) is 111 cm³/mol. The van der Waals surface area contributed by atoms with Crippen molar-refractivity contribution in [1.82, 2.24) is 25.4 Å². The highest BCUT2D eigenvalue weighted by atomic mass is 16.5. The molecule has 1 aromatic heterocycles. The van der Waals surface area contributed by atoms with Gasteiger partial charge in [-0.05, 0) is 44.9 Å². The molecule has 0 amide bonds. The molecule has 28 heavy (non-hydrogen) atoms. The number of nitrogens with one attached hydrogen (secondary N) is 2. The smallest absolute Gasteiger partial charge is 0.191 e. The quantitative estimate of drug-likeness (QED) is 0.301. The third-order valence-corrected chi connectivity index (χ3v) is 5.71. The molecule has 1 aliphatic carbocycles. The lowest BCUT2D eigenvalue weighted by molar-refractivity contribution is 0.131. The Kier molecular flexibility index (Phi) is 9.70. The standard InChI is InChI=1S/C20H38N6O2/c1-4-28-14-8-12-21-19(22-15-18-25-24-17(2)26(18)3)23-16-20(11-13-27)9-6-5-7-10-20/h27H,4-16H2,1-3H3,(H2,21,22,23). The average Bonchev–Trinajstić information content (AvgIpc) is 3.02. The van der Waals surface area contributed by atoms with E-state index >= 15 is 0 Å². The fourth-order valence-corrected chi connectivity index (χ4v) is 3.76. The van der Waals surface area contributed by atoms with Gasteiger partial charge in [0.05, 0.1) is 0 Å². The molecule has 8 heteroatoms. The van der Waals surface area contributed by atoms with Crippen LogP contribution in [0, 0.1) is 12.3 Å². The molecule has 0 saturated heterocycles.